The minimum atomic E-state index is -3.90. The third kappa shape index (κ3) is 6.45. The van der Waals surface area contributed by atoms with E-state index in [4.69, 9.17) is 0 Å². The average molecular weight is 454 g/mol. The van der Waals surface area contributed by atoms with Crippen LogP contribution in [0.25, 0.3) is 0 Å². The molecule has 32 heavy (non-hydrogen) atoms. The fourth-order valence-corrected chi connectivity index (χ4v) is 4.05. The average Bonchev–Trinajstić information content (AvgIpc) is 3.17. The lowest BCUT2D eigenvalue weighted by atomic mass is 10.2. The summed E-state index contributed by atoms with van der Waals surface area (Å²) in [6, 6.07) is 14.9. The smallest absolute Gasteiger partial charge is 0.261 e. The van der Waals surface area contributed by atoms with Crippen LogP contribution in [0.3, 0.4) is 0 Å². The van der Waals surface area contributed by atoms with Crippen LogP contribution in [0, 0.1) is 6.92 Å². The van der Waals surface area contributed by atoms with Gasteiger partial charge in [0.25, 0.3) is 15.9 Å². The Balaban J connectivity index is 1.87. The van der Waals surface area contributed by atoms with Crippen molar-refractivity contribution in [3.63, 3.8) is 0 Å². The maximum absolute atomic E-state index is 13.0. The van der Waals surface area contributed by atoms with Gasteiger partial charge in [0.2, 0.25) is 0 Å². The van der Waals surface area contributed by atoms with Crippen LogP contribution in [0.15, 0.2) is 71.1 Å². The topological polar surface area (TPSA) is 116 Å². The third-order valence-corrected chi connectivity index (χ3v) is 5.87. The zero-order chi connectivity index (χ0) is 23.1. The fraction of sp³-hybridized carbons (Fsp3) is 0.217. The molecule has 8 nitrogen and oxygen atoms in total. The number of aryl methyl sites for hydroxylation is 1. The van der Waals surface area contributed by atoms with Crippen molar-refractivity contribution in [1.29, 1.82) is 0 Å². The van der Waals surface area contributed by atoms with Gasteiger partial charge in [0.05, 0.1) is 17.1 Å². The maximum Gasteiger partial charge on any atom is 0.261 e. The second kappa shape index (κ2) is 10.1. The van der Waals surface area contributed by atoms with Gasteiger partial charge in [-0.3, -0.25) is 14.6 Å². The van der Waals surface area contributed by atoms with Crippen molar-refractivity contribution >= 4 is 27.3 Å². The van der Waals surface area contributed by atoms with E-state index in [1.165, 1.54) is 12.1 Å². The SMILES string of the molecule is CC(C)=CCNc1cc(C(=O)NCc2cc(C)[nH]n2)cc(S(=O)(=O)Nc2ccccc2)c1. The van der Waals surface area contributed by atoms with Crippen LogP contribution in [0.1, 0.15) is 35.6 Å². The number of amides is 1. The van der Waals surface area contributed by atoms with Crippen molar-refractivity contribution in [2.45, 2.75) is 32.2 Å². The van der Waals surface area contributed by atoms with Crippen molar-refractivity contribution in [3.8, 4) is 0 Å². The van der Waals surface area contributed by atoms with E-state index >= 15 is 0 Å². The molecule has 1 amide bonds. The number of allylic oxidation sites excluding steroid dienone is 1. The number of nitrogens with zero attached hydrogens (tertiary/aromatic N) is 1. The standard InChI is InChI=1S/C23H27N5O3S/c1-16(2)9-10-24-20-12-18(23(29)25-15-21-11-17(3)26-27-21)13-22(14-20)32(30,31)28-19-7-5-4-6-8-19/h4-9,11-14,24,28H,10,15H2,1-3H3,(H,25,29)(H,26,27). The summed E-state index contributed by atoms with van der Waals surface area (Å²) in [5, 5.41) is 12.9. The van der Waals surface area contributed by atoms with Gasteiger partial charge in [-0.05, 0) is 57.2 Å². The molecule has 0 atom stereocenters. The first kappa shape index (κ1) is 23.1. The molecule has 0 spiro atoms. The Labute approximate surface area is 188 Å². The van der Waals surface area contributed by atoms with E-state index < -0.39 is 15.9 Å². The van der Waals surface area contributed by atoms with Crippen molar-refractivity contribution in [2.24, 2.45) is 0 Å². The number of benzene rings is 2. The third-order valence-electron chi connectivity index (χ3n) is 4.51. The fourth-order valence-electron chi connectivity index (χ4n) is 2.92. The lowest BCUT2D eigenvalue weighted by Gasteiger charge is -2.13. The summed E-state index contributed by atoms with van der Waals surface area (Å²) in [7, 11) is -3.90. The molecule has 9 heteroatoms. The highest BCUT2D eigenvalue weighted by atomic mass is 32.2. The van der Waals surface area contributed by atoms with E-state index in [1.54, 1.807) is 36.4 Å². The minimum absolute atomic E-state index is 0.00989. The molecule has 0 aliphatic carbocycles. The number of sulfonamides is 1. The molecule has 3 rings (SSSR count). The van der Waals surface area contributed by atoms with E-state index in [1.807, 2.05) is 32.9 Å². The van der Waals surface area contributed by atoms with Gasteiger partial charge >= 0.3 is 0 Å². The van der Waals surface area contributed by atoms with Crippen LogP contribution in [-0.2, 0) is 16.6 Å². The second-order valence-electron chi connectivity index (χ2n) is 7.60. The van der Waals surface area contributed by atoms with Gasteiger partial charge < -0.3 is 10.6 Å². The number of aromatic nitrogens is 2. The number of hydrogen-bond acceptors (Lipinski definition) is 5. The Hall–Kier alpha value is -3.59. The van der Waals surface area contributed by atoms with Crippen molar-refractivity contribution < 1.29 is 13.2 Å². The quantitative estimate of drug-likeness (QED) is 0.368. The number of rotatable bonds is 9. The first-order chi connectivity index (χ1) is 15.2. The molecule has 1 aromatic heterocycles. The molecular weight excluding hydrogens is 426 g/mol. The summed E-state index contributed by atoms with van der Waals surface area (Å²) in [5.74, 6) is -0.396. The molecule has 0 fully saturated rings. The van der Waals surface area contributed by atoms with Crippen LogP contribution in [0.4, 0.5) is 11.4 Å². The summed E-state index contributed by atoms with van der Waals surface area (Å²) >= 11 is 0. The molecule has 0 saturated carbocycles. The number of hydrogen-bond donors (Lipinski definition) is 4. The zero-order valence-corrected chi connectivity index (χ0v) is 19.1. The molecular formula is C23H27N5O3S. The Kier molecular flexibility index (Phi) is 7.32. The van der Waals surface area contributed by atoms with Gasteiger partial charge in [0.15, 0.2) is 0 Å². The molecule has 2 aromatic carbocycles. The molecule has 0 bridgehead atoms. The second-order valence-corrected chi connectivity index (χ2v) is 9.29. The number of carbonyl (C=O) groups excluding carboxylic acids is 1. The number of aromatic amines is 1. The van der Waals surface area contributed by atoms with Gasteiger partial charge in [-0.25, -0.2) is 8.42 Å². The van der Waals surface area contributed by atoms with Gasteiger partial charge in [0.1, 0.15) is 0 Å². The molecule has 0 aliphatic heterocycles. The van der Waals surface area contributed by atoms with E-state index in [0.717, 1.165) is 11.3 Å². The summed E-state index contributed by atoms with van der Waals surface area (Å²) in [6.07, 6.45) is 1.98. The predicted molar refractivity (Wildman–Crippen MR) is 126 cm³/mol. The molecule has 0 radical (unpaired) electrons. The largest absolute Gasteiger partial charge is 0.382 e. The number of nitrogens with one attached hydrogen (secondary N) is 4. The van der Waals surface area contributed by atoms with Gasteiger partial charge in [-0.15, -0.1) is 0 Å². The van der Waals surface area contributed by atoms with Crippen LogP contribution < -0.4 is 15.4 Å². The van der Waals surface area contributed by atoms with Crippen molar-refractivity contribution in [2.75, 3.05) is 16.6 Å². The normalized spacial score (nSPS) is 11.0. The lowest BCUT2D eigenvalue weighted by molar-refractivity contribution is 0.0950. The van der Waals surface area contributed by atoms with E-state index in [-0.39, 0.29) is 17.0 Å². The van der Waals surface area contributed by atoms with Crippen LogP contribution in [-0.4, -0.2) is 31.1 Å². The highest BCUT2D eigenvalue weighted by Gasteiger charge is 2.19. The summed E-state index contributed by atoms with van der Waals surface area (Å²) in [6.45, 7) is 6.55. The van der Waals surface area contributed by atoms with Crippen LogP contribution in [0.2, 0.25) is 0 Å². The zero-order valence-electron chi connectivity index (χ0n) is 18.3. The lowest BCUT2D eigenvalue weighted by Crippen LogP contribution is -2.24. The molecule has 0 saturated heterocycles. The molecule has 168 valence electrons. The number of H-pyrrole nitrogens is 1. The van der Waals surface area contributed by atoms with Gasteiger partial charge in [-0.1, -0.05) is 29.8 Å². The van der Waals surface area contributed by atoms with E-state index in [9.17, 15) is 13.2 Å². The number of para-hydroxylation sites is 1. The Bertz CT molecular complexity index is 1210. The van der Waals surface area contributed by atoms with E-state index in [0.29, 0.717) is 23.6 Å². The Morgan fingerprint density at radius 2 is 1.81 bits per heavy atom. The van der Waals surface area contributed by atoms with E-state index in [2.05, 4.69) is 25.6 Å². The first-order valence-corrected chi connectivity index (χ1v) is 11.6. The van der Waals surface area contributed by atoms with Gasteiger partial charge in [-0.2, -0.15) is 5.10 Å². The molecule has 0 aliphatic rings. The Morgan fingerprint density at radius 1 is 1.06 bits per heavy atom. The molecule has 1 heterocycles. The molecule has 3 aromatic rings. The number of carbonyl (C=O) groups is 1. The minimum Gasteiger partial charge on any atom is -0.382 e. The highest BCUT2D eigenvalue weighted by Crippen LogP contribution is 2.22. The Morgan fingerprint density at radius 3 is 2.47 bits per heavy atom. The summed E-state index contributed by atoms with van der Waals surface area (Å²) in [4.78, 5) is 12.8. The first-order valence-electron chi connectivity index (χ1n) is 10.1. The predicted octanol–water partition coefficient (Wildman–Crippen LogP) is 3.83. The van der Waals surface area contributed by atoms with Crippen LogP contribution in [0.5, 0.6) is 0 Å². The summed E-state index contributed by atoms with van der Waals surface area (Å²) < 4.78 is 28.5. The van der Waals surface area contributed by atoms with Crippen molar-refractivity contribution in [3.05, 3.63) is 83.2 Å². The van der Waals surface area contributed by atoms with Crippen LogP contribution >= 0.6 is 0 Å². The summed E-state index contributed by atoms with van der Waals surface area (Å²) in [5.41, 5.74) is 3.90. The monoisotopic (exact) mass is 453 g/mol. The maximum atomic E-state index is 13.0. The molecule has 0 unspecified atom stereocenters. The number of anilines is 2. The highest BCUT2D eigenvalue weighted by molar-refractivity contribution is 7.92. The molecule has 4 N–H and O–H groups in total. The van der Waals surface area contributed by atoms with Gasteiger partial charge in [0, 0.05) is 29.2 Å². The van der Waals surface area contributed by atoms with Crippen molar-refractivity contribution in [1.82, 2.24) is 15.5 Å².